The lowest BCUT2D eigenvalue weighted by molar-refractivity contribution is -0.167. The first kappa shape index (κ1) is 53.9. The molecule has 0 spiro atoms. The normalized spacial score (nSPS) is 12.1. The number of rotatable bonds is 44. The van der Waals surface area contributed by atoms with Crippen molar-refractivity contribution in [3.8, 4) is 0 Å². The molecule has 0 heterocycles. The highest BCUT2D eigenvalue weighted by molar-refractivity contribution is 5.71. The summed E-state index contributed by atoms with van der Waals surface area (Å²) in [6.45, 7) is 6.55. The van der Waals surface area contributed by atoms with E-state index < -0.39 is 6.10 Å². The topological polar surface area (TPSA) is 78.9 Å². The highest BCUT2D eigenvalue weighted by atomic mass is 16.6. The van der Waals surface area contributed by atoms with Crippen LogP contribution in [0.3, 0.4) is 0 Å². The third-order valence-electron chi connectivity index (χ3n) is 10.7. The van der Waals surface area contributed by atoms with Crippen LogP contribution in [0.2, 0.25) is 0 Å². The fourth-order valence-corrected chi connectivity index (χ4v) is 7.00. The largest absolute Gasteiger partial charge is 0.462 e. The van der Waals surface area contributed by atoms with Crippen LogP contribution in [0.25, 0.3) is 0 Å². The Labute approximate surface area is 347 Å². The van der Waals surface area contributed by atoms with Crippen LogP contribution in [0.4, 0.5) is 0 Å². The molecule has 0 N–H and O–H groups in total. The predicted molar refractivity (Wildman–Crippen MR) is 238 cm³/mol. The number of carbonyl (C=O) groups excluding carboxylic acids is 3. The van der Waals surface area contributed by atoms with E-state index in [9.17, 15) is 14.4 Å². The molecule has 1 unspecified atom stereocenters. The van der Waals surface area contributed by atoms with Crippen LogP contribution in [-0.4, -0.2) is 37.2 Å². The van der Waals surface area contributed by atoms with Gasteiger partial charge in [-0.25, -0.2) is 0 Å². The van der Waals surface area contributed by atoms with Gasteiger partial charge in [-0.15, -0.1) is 0 Å². The molecule has 0 saturated heterocycles. The molecule has 0 aromatic heterocycles. The minimum absolute atomic E-state index is 0.0717. The number of hydrogen-bond acceptors (Lipinski definition) is 6. The average Bonchev–Trinajstić information content (AvgIpc) is 3.19. The Morgan fingerprint density at radius 3 is 1.00 bits per heavy atom. The molecule has 0 aliphatic carbocycles. The van der Waals surface area contributed by atoms with Crippen molar-refractivity contribution < 1.29 is 28.6 Å². The zero-order valence-electron chi connectivity index (χ0n) is 37.4. The molecule has 6 heteroatoms. The Bertz CT molecular complexity index is 911. The van der Waals surface area contributed by atoms with Crippen LogP contribution < -0.4 is 0 Å². The first-order chi connectivity index (χ1) is 27.5. The van der Waals surface area contributed by atoms with Gasteiger partial charge >= 0.3 is 17.9 Å². The third kappa shape index (κ3) is 43.0. The van der Waals surface area contributed by atoms with Gasteiger partial charge in [0, 0.05) is 19.3 Å². The molecule has 56 heavy (non-hydrogen) atoms. The van der Waals surface area contributed by atoms with Crippen molar-refractivity contribution in [2.45, 2.75) is 264 Å². The van der Waals surface area contributed by atoms with Gasteiger partial charge in [0.2, 0.25) is 0 Å². The van der Waals surface area contributed by atoms with Gasteiger partial charge in [0.25, 0.3) is 0 Å². The van der Waals surface area contributed by atoms with Crippen LogP contribution >= 0.6 is 0 Å². The maximum Gasteiger partial charge on any atom is 0.306 e. The van der Waals surface area contributed by atoms with Crippen molar-refractivity contribution in [3.05, 3.63) is 24.3 Å². The maximum atomic E-state index is 12.7. The minimum atomic E-state index is -0.765. The SMILES string of the molecule is CCCCCC/C=C\C/C=C\CCCCCCCCCC(=O)OCC(COC(=O)CCCCCCC)OC(=O)CCCCCCCCCCCCCCCCC. The second kappa shape index (κ2) is 45.6. The lowest BCUT2D eigenvalue weighted by Gasteiger charge is -2.18. The lowest BCUT2D eigenvalue weighted by Crippen LogP contribution is -2.30. The molecule has 0 fully saturated rings. The van der Waals surface area contributed by atoms with Crippen LogP contribution in [0.15, 0.2) is 24.3 Å². The van der Waals surface area contributed by atoms with E-state index in [1.807, 2.05) is 0 Å². The number of hydrogen-bond donors (Lipinski definition) is 0. The monoisotopic (exact) mass is 789 g/mol. The Hall–Kier alpha value is -2.11. The highest BCUT2D eigenvalue weighted by Gasteiger charge is 2.19. The summed E-state index contributed by atoms with van der Waals surface area (Å²) in [6.07, 6.45) is 50.5. The highest BCUT2D eigenvalue weighted by Crippen LogP contribution is 2.15. The Morgan fingerprint density at radius 1 is 0.357 bits per heavy atom. The van der Waals surface area contributed by atoms with E-state index in [1.54, 1.807) is 0 Å². The molecule has 0 aromatic rings. The van der Waals surface area contributed by atoms with Crippen molar-refractivity contribution in [1.82, 2.24) is 0 Å². The molecule has 0 amide bonds. The summed E-state index contributed by atoms with van der Waals surface area (Å²) in [5.41, 5.74) is 0. The number of allylic oxidation sites excluding steroid dienone is 4. The van der Waals surface area contributed by atoms with Crippen molar-refractivity contribution in [2.75, 3.05) is 13.2 Å². The Kier molecular flexibility index (Phi) is 43.9. The summed E-state index contributed by atoms with van der Waals surface area (Å²) in [5, 5.41) is 0. The molecule has 0 aromatic carbocycles. The van der Waals surface area contributed by atoms with E-state index in [0.29, 0.717) is 19.3 Å². The van der Waals surface area contributed by atoms with Gasteiger partial charge in [0.15, 0.2) is 6.10 Å². The summed E-state index contributed by atoms with van der Waals surface area (Å²) in [6, 6.07) is 0. The summed E-state index contributed by atoms with van der Waals surface area (Å²) < 4.78 is 16.6. The lowest BCUT2D eigenvalue weighted by atomic mass is 10.0. The molecule has 0 radical (unpaired) electrons. The van der Waals surface area contributed by atoms with Crippen LogP contribution in [0.5, 0.6) is 0 Å². The molecule has 0 aliphatic rings. The quantitative estimate of drug-likeness (QED) is 0.0265. The second-order valence-electron chi connectivity index (χ2n) is 16.4. The number of ether oxygens (including phenoxy) is 3. The van der Waals surface area contributed by atoms with E-state index in [0.717, 1.165) is 77.0 Å². The van der Waals surface area contributed by atoms with Crippen LogP contribution in [0, 0.1) is 0 Å². The third-order valence-corrected chi connectivity index (χ3v) is 10.7. The van der Waals surface area contributed by atoms with Crippen molar-refractivity contribution in [1.29, 1.82) is 0 Å². The van der Waals surface area contributed by atoms with Gasteiger partial charge in [-0.3, -0.25) is 14.4 Å². The second-order valence-corrected chi connectivity index (χ2v) is 16.4. The van der Waals surface area contributed by atoms with Crippen molar-refractivity contribution >= 4 is 17.9 Å². The molecule has 0 bridgehead atoms. The zero-order valence-corrected chi connectivity index (χ0v) is 37.4. The first-order valence-corrected chi connectivity index (χ1v) is 24.3. The van der Waals surface area contributed by atoms with Gasteiger partial charge in [-0.2, -0.15) is 0 Å². The number of unbranched alkanes of at least 4 members (excludes halogenated alkanes) is 29. The van der Waals surface area contributed by atoms with Gasteiger partial charge in [-0.1, -0.05) is 212 Å². The van der Waals surface area contributed by atoms with Crippen LogP contribution in [0.1, 0.15) is 258 Å². The van der Waals surface area contributed by atoms with Gasteiger partial charge in [0.1, 0.15) is 13.2 Å². The molecule has 0 aliphatic heterocycles. The van der Waals surface area contributed by atoms with Crippen molar-refractivity contribution in [3.63, 3.8) is 0 Å². The molecule has 1 atom stereocenters. The fraction of sp³-hybridized carbons (Fsp3) is 0.860. The summed E-state index contributed by atoms with van der Waals surface area (Å²) in [7, 11) is 0. The Morgan fingerprint density at radius 2 is 0.643 bits per heavy atom. The number of esters is 3. The van der Waals surface area contributed by atoms with Gasteiger partial charge in [0.05, 0.1) is 0 Å². The van der Waals surface area contributed by atoms with Crippen LogP contribution in [-0.2, 0) is 28.6 Å². The van der Waals surface area contributed by atoms with E-state index in [2.05, 4.69) is 45.1 Å². The summed E-state index contributed by atoms with van der Waals surface area (Å²) >= 11 is 0. The zero-order chi connectivity index (χ0) is 40.8. The maximum absolute atomic E-state index is 12.7. The summed E-state index contributed by atoms with van der Waals surface area (Å²) in [4.78, 5) is 37.6. The van der Waals surface area contributed by atoms with Gasteiger partial charge in [-0.05, 0) is 51.4 Å². The van der Waals surface area contributed by atoms with Crippen molar-refractivity contribution in [2.24, 2.45) is 0 Å². The van der Waals surface area contributed by atoms with E-state index in [1.165, 1.54) is 141 Å². The van der Waals surface area contributed by atoms with E-state index >= 15 is 0 Å². The first-order valence-electron chi connectivity index (χ1n) is 24.3. The van der Waals surface area contributed by atoms with Gasteiger partial charge < -0.3 is 14.2 Å². The fourth-order valence-electron chi connectivity index (χ4n) is 7.00. The molecule has 0 saturated carbocycles. The number of carbonyl (C=O) groups is 3. The Balaban J connectivity index is 4.17. The molecule has 328 valence electrons. The smallest absolute Gasteiger partial charge is 0.306 e. The minimum Gasteiger partial charge on any atom is -0.462 e. The molecular weight excluding hydrogens is 697 g/mol. The molecular formula is C50H92O6. The standard InChI is InChI=1S/C50H92O6/c1-4-7-10-13-15-17-19-21-23-24-25-27-28-30-32-34-37-40-43-49(52)55-46-47(45-54-48(51)42-39-36-12-9-6-3)56-50(53)44-41-38-35-33-31-29-26-22-20-18-16-14-11-8-5-2/h17,19,23-24,47H,4-16,18,20-22,25-46H2,1-3H3/b19-17-,24-23-. The summed E-state index contributed by atoms with van der Waals surface area (Å²) in [5.74, 6) is -0.883. The molecule has 6 nitrogen and oxygen atoms in total. The van der Waals surface area contributed by atoms with E-state index in [4.69, 9.17) is 14.2 Å². The predicted octanol–water partition coefficient (Wildman–Crippen LogP) is 15.6. The molecule has 0 rings (SSSR count). The van der Waals surface area contributed by atoms with E-state index in [-0.39, 0.29) is 31.1 Å². The average molecular weight is 789 g/mol.